The average Bonchev–Trinajstić information content (AvgIpc) is 3.20. The number of nitrogen functional groups attached to an aromatic ring is 1. The molecule has 32 heavy (non-hydrogen) atoms. The highest BCUT2D eigenvalue weighted by molar-refractivity contribution is 5.90. The van der Waals surface area contributed by atoms with E-state index in [9.17, 15) is 14.4 Å². The van der Waals surface area contributed by atoms with Gasteiger partial charge in [0.05, 0.1) is 11.1 Å². The van der Waals surface area contributed by atoms with Crippen LogP contribution in [0.5, 0.6) is 0 Å². The van der Waals surface area contributed by atoms with Gasteiger partial charge in [-0.15, -0.1) is 0 Å². The van der Waals surface area contributed by atoms with Crippen molar-refractivity contribution in [1.82, 2.24) is 14.5 Å². The third kappa shape index (κ3) is 4.81. The van der Waals surface area contributed by atoms with Crippen LogP contribution >= 0.6 is 0 Å². The zero-order chi connectivity index (χ0) is 22.5. The van der Waals surface area contributed by atoms with Gasteiger partial charge in [0, 0.05) is 6.42 Å². The van der Waals surface area contributed by atoms with Gasteiger partial charge in [-0.2, -0.15) is 4.98 Å². The Balaban J connectivity index is 1.50. The zero-order valence-electron chi connectivity index (χ0n) is 16.9. The molecule has 0 unspecified atom stereocenters. The second-order valence-electron chi connectivity index (χ2n) is 7.04. The van der Waals surface area contributed by atoms with Gasteiger partial charge in [-0.25, -0.2) is 19.4 Å². The van der Waals surface area contributed by atoms with Crippen molar-refractivity contribution in [2.45, 2.75) is 24.9 Å². The Kier molecular flexibility index (Phi) is 6.22. The quantitative estimate of drug-likeness (QED) is 0.571. The summed E-state index contributed by atoms with van der Waals surface area (Å²) in [6, 6.07) is 16.9. The normalized spacial score (nSPS) is 19.9. The van der Waals surface area contributed by atoms with E-state index < -0.39 is 36.1 Å². The Bertz CT molecular complexity index is 1150. The lowest BCUT2D eigenvalue weighted by molar-refractivity contribution is -0.0584. The molecule has 3 atom stereocenters. The number of hydrogen-bond acceptors (Lipinski definition) is 9. The van der Waals surface area contributed by atoms with E-state index in [1.54, 1.807) is 60.7 Å². The third-order valence-electron chi connectivity index (χ3n) is 4.89. The van der Waals surface area contributed by atoms with Crippen LogP contribution in [0.25, 0.3) is 0 Å². The standard InChI is InChI=1S/C22H20N4O6/c23-21-24-13-26(22(29)25-21)18-11-16(32-20(28)15-9-5-2-6-10-15)17(31-18)12-30-19(27)14-7-3-1-4-8-14/h1-10,13,16-18H,11-12H2,(H2,23,25,29)/t16-,17+,18+/m0/s1. The molecule has 1 aromatic heterocycles. The van der Waals surface area contributed by atoms with Crippen molar-refractivity contribution in [3.05, 3.63) is 88.6 Å². The van der Waals surface area contributed by atoms with Crippen LogP contribution in [0.3, 0.4) is 0 Å². The number of nitrogens with zero attached hydrogens (tertiary/aromatic N) is 3. The molecule has 0 aliphatic carbocycles. The number of aromatic nitrogens is 3. The minimum Gasteiger partial charge on any atom is -0.459 e. The molecule has 0 bridgehead atoms. The molecule has 2 aromatic carbocycles. The van der Waals surface area contributed by atoms with E-state index in [0.29, 0.717) is 11.1 Å². The smallest absolute Gasteiger partial charge is 0.354 e. The summed E-state index contributed by atoms with van der Waals surface area (Å²) in [4.78, 5) is 44.5. The molecule has 1 aliphatic heterocycles. The molecule has 4 rings (SSSR count). The van der Waals surface area contributed by atoms with Crippen molar-refractivity contribution in [1.29, 1.82) is 0 Å². The Labute approximate surface area is 182 Å². The Hall–Kier alpha value is -4.05. The Morgan fingerprint density at radius 3 is 2.28 bits per heavy atom. The Morgan fingerprint density at radius 1 is 1.03 bits per heavy atom. The second kappa shape index (κ2) is 9.40. The molecule has 0 saturated carbocycles. The van der Waals surface area contributed by atoms with E-state index >= 15 is 0 Å². The first-order valence-corrected chi connectivity index (χ1v) is 9.85. The minimum atomic E-state index is -0.822. The van der Waals surface area contributed by atoms with Crippen molar-refractivity contribution >= 4 is 17.9 Å². The van der Waals surface area contributed by atoms with Crippen LogP contribution < -0.4 is 11.4 Å². The molecule has 1 aliphatic rings. The number of anilines is 1. The molecule has 2 N–H and O–H groups in total. The highest BCUT2D eigenvalue weighted by atomic mass is 16.6. The summed E-state index contributed by atoms with van der Waals surface area (Å²) in [5, 5.41) is 0. The lowest BCUT2D eigenvalue weighted by Gasteiger charge is -2.19. The van der Waals surface area contributed by atoms with Crippen LogP contribution in [-0.2, 0) is 14.2 Å². The molecule has 0 amide bonds. The topological polar surface area (TPSA) is 136 Å². The lowest BCUT2D eigenvalue weighted by Crippen LogP contribution is -2.32. The van der Waals surface area contributed by atoms with Crippen molar-refractivity contribution in [2.24, 2.45) is 0 Å². The van der Waals surface area contributed by atoms with Gasteiger partial charge in [0.15, 0.2) is 0 Å². The molecule has 2 heterocycles. The number of esters is 2. The minimum absolute atomic E-state index is 0.138. The van der Waals surface area contributed by atoms with Crippen molar-refractivity contribution in [3.63, 3.8) is 0 Å². The van der Waals surface area contributed by atoms with Crippen LogP contribution in [0.4, 0.5) is 5.95 Å². The highest BCUT2D eigenvalue weighted by Crippen LogP contribution is 2.31. The molecule has 164 valence electrons. The maximum atomic E-state index is 12.6. The summed E-state index contributed by atoms with van der Waals surface area (Å²) >= 11 is 0. The maximum absolute atomic E-state index is 12.6. The number of ether oxygens (including phenoxy) is 3. The number of rotatable bonds is 6. The van der Waals surface area contributed by atoms with E-state index in [2.05, 4.69) is 9.97 Å². The molecule has 10 nitrogen and oxygen atoms in total. The first kappa shape index (κ1) is 21.2. The molecule has 1 fully saturated rings. The first-order chi connectivity index (χ1) is 15.5. The zero-order valence-corrected chi connectivity index (χ0v) is 16.9. The molecule has 0 spiro atoms. The molecular weight excluding hydrogens is 416 g/mol. The van der Waals surface area contributed by atoms with Crippen molar-refractivity contribution < 1.29 is 23.8 Å². The number of benzene rings is 2. The van der Waals surface area contributed by atoms with Gasteiger partial charge in [0.25, 0.3) is 0 Å². The summed E-state index contributed by atoms with van der Waals surface area (Å²) in [6.45, 7) is -0.179. The van der Waals surface area contributed by atoms with E-state index in [-0.39, 0.29) is 19.0 Å². The van der Waals surface area contributed by atoms with Crippen LogP contribution in [-0.4, -0.2) is 45.3 Å². The summed E-state index contributed by atoms with van der Waals surface area (Å²) in [5.41, 5.74) is 5.53. The van der Waals surface area contributed by atoms with Gasteiger partial charge in [-0.3, -0.25) is 4.57 Å². The van der Waals surface area contributed by atoms with E-state index in [4.69, 9.17) is 19.9 Å². The predicted octanol–water partition coefficient (Wildman–Crippen LogP) is 1.59. The SMILES string of the molecule is Nc1ncn([C@H]2C[C@H](OC(=O)c3ccccc3)[C@@H](COC(=O)c3ccccc3)O2)c(=O)n1. The van der Waals surface area contributed by atoms with Crippen LogP contribution in [0.15, 0.2) is 71.8 Å². The van der Waals surface area contributed by atoms with Gasteiger partial charge in [-0.1, -0.05) is 36.4 Å². The fourth-order valence-corrected chi connectivity index (χ4v) is 3.29. The van der Waals surface area contributed by atoms with Gasteiger partial charge in [0.2, 0.25) is 5.95 Å². The summed E-state index contributed by atoms with van der Waals surface area (Å²) in [7, 11) is 0. The summed E-state index contributed by atoms with van der Waals surface area (Å²) in [5.74, 6) is -1.26. The molecule has 3 aromatic rings. The van der Waals surface area contributed by atoms with E-state index in [1.165, 1.54) is 6.33 Å². The molecular formula is C22H20N4O6. The third-order valence-corrected chi connectivity index (χ3v) is 4.89. The number of nitrogens with two attached hydrogens (primary N) is 1. The molecule has 10 heteroatoms. The van der Waals surface area contributed by atoms with E-state index in [1.807, 2.05) is 0 Å². The van der Waals surface area contributed by atoms with Crippen LogP contribution in [0, 0.1) is 0 Å². The fraction of sp³-hybridized carbons (Fsp3) is 0.227. The number of carbonyl (C=O) groups is 2. The van der Waals surface area contributed by atoms with Crippen molar-refractivity contribution in [3.8, 4) is 0 Å². The molecule has 1 saturated heterocycles. The number of carbonyl (C=O) groups excluding carboxylic acids is 2. The van der Waals surface area contributed by atoms with Crippen molar-refractivity contribution in [2.75, 3.05) is 12.3 Å². The van der Waals surface area contributed by atoms with Gasteiger partial charge in [-0.05, 0) is 24.3 Å². The predicted molar refractivity (Wildman–Crippen MR) is 112 cm³/mol. The van der Waals surface area contributed by atoms with Gasteiger partial charge in [0.1, 0.15) is 31.4 Å². The number of hydrogen-bond donors (Lipinski definition) is 1. The largest absolute Gasteiger partial charge is 0.459 e. The lowest BCUT2D eigenvalue weighted by atomic mass is 10.1. The Morgan fingerprint density at radius 2 is 1.66 bits per heavy atom. The first-order valence-electron chi connectivity index (χ1n) is 9.85. The monoisotopic (exact) mass is 436 g/mol. The summed E-state index contributed by atoms with van der Waals surface area (Å²) < 4.78 is 18.0. The van der Waals surface area contributed by atoms with Crippen LogP contribution in [0.1, 0.15) is 33.4 Å². The fourth-order valence-electron chi connectivity index (χ4n) is 3.29. The second-order valence-corrected chi connectivity index (χ2v) is 7.04. The van der Waals surface area contributed by atoms with Gasteiger partial charge < -0.3 is 19.9 Å². The summed E-state index contributed by atoms with van der Waals surface area (Å²) in [6.07, 6.45) is -1.05. The van der Waals surface area contributed by atoms with E-state index in [0.717, 1.165) is 4.57 Å². The average molecular weight is 436 g/mol. The maximum Gasteiger partial charge on any atom is 0.354 e. The van der Waals surface area contributed by atoms with Crippen LogP contribution in [0.2, 0.25) is 0 Å². The highest BCUT2D eigenvalue weighted by Gasteiger charge is 2.40. The van der Waals surface area contributed by atoms with Gasteiger partial charge >= 0.3 is 17.6 Å². The molecule has 0 radical (unpaired) electrons.